The van der Waals surface area contributed by atoms with Crippen molar-refractivity contribution in [3.8, 4) is 11.5 Å². The molecule has 3 aromatic rings. The van der Waals surface area contributed by atoms with E-state index in [0.717, 1.165) is 33.8 Å². The Morgan fingerprint density at radius 2 is 1.64 bits per heavy atom. The minimum atomic E-state index is -0.478. The lowest BCUT2D eigenvalue weighted by Gasteiger charge is -2.15. The normalized spacial score (nSPS) is 11.3. The Hall–Kier alpha value is -4.26. The second kappa shape index (κ2) is 13.6. The zero-order chi connectivity index (χ0) is 25.8. The van der Waals surface area contributed by atoms with E-state index in [1.165, 1.54) is 20.5 Å². The van der Waals surface area contributed by atoms with Crippen LogP contribution in [0, 0.1) is 13.8 Å². The lowest BCUT2D eigenvalue weighted by atomic mass is 10.0. The number of benzene rings is 3. The fourth-order valence-corrected chi connectivity index (χ4v) is 3.48. The number of methoxy groups -OCH3 is 2. The fourth-order valence-electron chi connectivity index (χ4n) is 3.48. The van der Waals surface area contributed by atoms with Gasteiger partial charge in [-0.2, -0.15) is 0 Å². The van der Waals surface area contributed by atoms with Crippen molar-refractivity contribution in [3.63, 3.8) is 0 Å². The van der Waals surface area contributed by atoms with Crippen LogP contribution in [0.15, 0.2) is 78.1 Å². The van der Waals surface area contributed by atoms with E-state index < -0.39 is 5.97 Å². The van der Waals surface area contributed by atoms with Gasteiger partial charge in [0.05, 0.1) is 26.7 Å². The van der Waals surface area contributed by atoms with Crippen LogP contribution in [-0.4, -0.2) is 39.6 Å². The number of hydrogen-bond acceptors (Lipinski definition) is 7. The van der Waals surface area contributed by atoms with Gasteiger partial charge in [-0.05, 0) is 65.9 Å². The van der Waals surface area contributed by atoms with Crippen LogP contribution < -0.4 is 9.47 Å². The number of carbonyl (C=O) groups is 1. The van der Waals surface area contributed by atoms with Crippen molar-refractivity contribution in [2.75, 3.05) is 27.4 Å². The maximum atomic E-state index is 12.2. The third kappa shape index (κ3) is 7.37. The molecule has 0 radical (unpaired) electrons. The Balaban J connectivity index is 1.61. The largest absolute Gasteiger partial charge is 0.503 e. The Bertz CT molecular complexity index is 1200. The van der Waals surface area contributed by atoms with Gasteiger partial charge in [-0.15, -0.1) is 0 Å². The van der Waals surface area contributed by atoms with E-state index in [1.807, 2.05) is 80.6 Å². The molecule has 3 rings (SSSR count). The highest BCUT2D eigenvalue weighted by molar-refractivity contribution is 6.16. The van der Waals surface area contributed by atoms with Crippen LogP contribution in [0.5, 0.6) is 11.5 Å². The molecule has 0 spiro atoms. The summed E-state index contributed by atoms with van der Waals surface area (Å²) in [6.45, 7) is 4.97. The van der Waals surface area contributed by atoms with E-state index >= 15 is 0 Å². The Morgan fingerprint density at radius 3 is 2.39 bits per heavy atom. The van der Waals surface area contributed by atoms with Gasteiger partial charge >= 0.3 is 5.97 Å². The van der Waals surface area contributed by atoms with Gasteiger partial charge in [0.15, 0.2) is 6.61 Å². The first-order valence-corrected chi connectivity index (χ1v) is 11.5. The molecule has 0 fully saturated rings. The highest BCUT2D eigenvalue weighted by atomic mass is 16.6. The molecule has 0 atom stereocenters. The van der Waals surface area contributed by atoms with Crippen molar-refractivity contribution in [1.82, 2.24) is 0 Å². The van der Waals surface area contributed by atoms with Gasteiger partial charge in [-0.25, -0.2) is 4.79 Å². The minimum absolute atomic E-state index is 0.270. The van der Waals surface area contributed by atoms with Gasteiger partial charge in [0.1, 0.15) is 30.3 Å². The zero-order valence-corrected chi connectivity index (χ0v) is 21.0. The highest BCUT2D eigenvalue weighted by Gasteiger charge is 2.17. The molecule has 188 valence electrons. The molecule has 0 saturated heterocycles. The van der Waals surface area contributed by atoms with E-state index in [-0.39, 0.29) is 6.61 Å². The first-order chi connectivity index (χ1) is 17.5. The first kappa shape index (κ1) is 26.3. The number of esters is 1. The van der Waals surface area contributed by atoms with Crippen LogP contribution in [-0.2, 0) is 25.7 Å². The zero-order valence-electron chi connectivity index (χ0n) is 21.0. The standard InChI is InChI=1S/C29H31NO6/c1-21-17-28(35-19-23-10-8-9-13-26(23)27(20-32-3)29(31)33-4)22(2)16-24(21)18-30-36-15-14-34-25-11-6-5-7-12-25/h5-13,16-18,20H,14-15,19H2,1-4H3/b27-20-,30-18+. The number of para-hydroxylation sites is 1. The van der Waals surface area contributed by atoms with E-state index in [0.29, 0.717) is 24.4 Å². The van der Waals surface area contributed by atoms with Crippen LogP contribution in [0.1, 0.15) is 27.8 Å². The number of carbonyl (C=O) groups excluding carboxylic acids is 1. The molecule has 0 aliphatic rings. The summed E-state index contributed by atoms with van der Waals surface area (Å²) < 4.78 is 21.7. The predicted molar refractivity (Wildman–Crippen MR) is 139 cm³/mol. The first-order valence-electron chi connectivity index (χ1n) is 11.5. The Kier molecular flexibility index (Phi) is 9.94. The molecular formula is C29H31NO6. The third-order valence-corrected chi connectivity index (χ3v) is 5.35. The van der Waals surface area contributed by atoms with Gasteiger partial charge in [-0.3, -0.25) is 0 Å². The molecule has 0 aromatic heterocycles. The van der Waals surface area contributed by atoms with E-state index in [1.54, 1.807) is 6.21 Å². The summed E-state index contributed by atoms with van der Waals surface area (Å²) in [5, 5.41) is 4.06. The monoisotopic (exact) mass is 489 g/mol. The Labute approximate surface area is 211 Å². The fraction of sp³-hybridized carbons (Fsp3) is 0.241. The SMILES string of the molecule is CO/C=C(\C(=O)OC)c1ccccc1COc1cc(C)c(/C=N/OCCOc2ccccc2)cc1C. The third-order valence-electron chi connectivity index (χ3n) is 5.35. The molecule has 7 nitrogen and oxygen atoms in total. The summed E-state index contributed by atoms with van der Waals surface area (Å²) >= 11 is 0. The van der Waals surface area contributed by atoms with Crippen molar-refractivity contribution in [2.24, 2.45) is 5.16 Å². The number of rotatable bonds is 12. The maximum Gasteiger partial charge on any atom is 0.341 e. The van der Waals surface area contributed by atoms with Crippen molar-refractivity contribution in [2.45, 2.75) is 20.5 Å². The second-order valence-electron chi connectivity index (χ2n) is 7.91. The summed E-state index contributed by atoms with van der Waals surface area (Å²) in [5.41, 5.74) is 4.73. The molecule has 0 saturated carbocycles. The van der Waals surface area contributed by atoms with Gasteiger partial charge in [0, 0.05) is 0 Å². The van der Waals surface area contributed by atoms with E-state index in [2.05, 4.69) is 5.16 Å². The maximum absolute atomic E-state index is 12.2. The van der Waals surface area contributed by atoms with Crippen molar-refractivity contribution < 1.29 is 28.6 Å². The number of aryl methyl sites for hydroxylation is 2. The predicted octanol–water partition coefficient (Wildman–Crippen LogP) is 5.47. The molecule has 0 aliphatic heterocycles. The number of hydrogen-bond donors (Lipinski definition) is 0. The number of ether oxygens (including phenoxy) is 4. The summed E-state index contributed by atoms with van der Waals surface area (Å²) in [6, 6.07) is 21.0. The van der Waals surface area contributed by atoms with Gasteiger partial charge in [0.25, 0.3) is 0 Å². The van der Waals surface area contributed by atoms with Crippen molar-refractivity contribution in [1.29, 1.82) is 0 Å². The van der Waals surface area contributed by atoms with Crippen molar-refractivity contribution in [3.05, 3.63) is 101 Å². The van der Waals surface area contributed by atoms with Crippen LogP contribution >= 0.6 is 0 Å². The van der Waals surface area contributed by atoms with Crippen LogP contribution in [0.2, 0.25) is 0 Å². The molecule has 3 aromatic carbocycles. The van der Waals surface area contributed by atoms with Gasteiger partial charge in [0.2, 0.25) is 0 Å². The molecule has 0 aliphatic carbocycles. The number of oxime groups is 1. The second-order valence-corrected chi connectivity index (χ2v) is 7.91. The van der Waals surface area contributed by atoms with Crippen LogP contribution in [0.25, 0.3) is 5.57 Å². The molecule has 0 heterocycles. The topological polar surface area (TPSA) is 75.6 Å². The van der Waals surface area contributed by atoms with Crippen LogP contribution in [0.4, 0.5) is 0 Å². The summed E-state index contributed by atoms with van der Waals surface area (Å²) in [4.78, 5) is 17.6. The molecule has 0 N–H and O–H groups in total. The molecule has 0 bridgehead atoms. The molecule has 0 amide bonds. The van der Waals surface area contributed by atoms with E-state index in [9.17, 15) is 4.79 Å². The lowest BCUT2D eigenvalue weighted by Crippen LogP contribution is -2.08. The molecule has 0 unspecified atom stereocenters. The summed E-state index contributed by atoms with van der Waals surface area (Å²) in [6.07, 6.45) is 3.06. The molecule has 36 heavy (non-hydrogen) atoms. The molecule has 7 heteroatoms. The smallest absolute Gasteiger partial charge is 0.341 e. The highest BCUT2D eigenvalue weighted by Crippen LogP contribution is 2.26. The van der Waals surface area contributed by atoms with E-state index in [4.69, 9.17) is 23.8 Å². The molecular weight excluding hydrogens is 458 g/mol. The summed E-state index contributed by atoms with van der Waals surface area (Å²) in [7, 11) is 2.83. The van der Waals surface area contributed by atoms with Gasteiger partial charge in [-0.1, -0.05) is 47.6 Å². The Morgan fingerprint density at radius 1 is 0.889 bits per heavy atom. The number of nitrogens with zero attached hydrogens (tertiary/aromatic N) is 1. The lowest BCUT2D eigenvalue weighted by molar-refractivity contribution is -0.133. The van der Waals surface area contributed by atoms with Crippen molar-refractivity contribution >= 4 is 17.8 Å². The quantitative estimate of drug-likeness (QED) is 0.0838. The average Bonchev–Trinajstić information content (AvgIpc) is 2.90. The summed E-state index contributed by atoms with van der Waals surface area (Å²) in [5.74, 6) is 1.06. The van der Waals surface area contributed by atoms with Gasteiger partial charge < -0.3 is 23.8 Å². The average molecular weight is 490 g/mol. The minimum Gasteiger partial charge on any atom is -0.503 e. The van der Waals surface area contributed by atoms with Crippen LogP contribution in [0.3, 0.4) is 0 Å².